The van der Waals surface area contributed by atoms with Gasteiger partial charge >= 0.3 is 0 Å². The van der Waals surface area contributed by atoms with Crippen LogP contribution in [-0.2, 0) is 19.9 Å². The fraction of sp³-hybridized carbons (Fsp3) is 0.286. The zero-order valence-electron chi connectivity index (χ0n) is 12.1. The number of benzene rings is 1. The first-order valence-corrected chi connectivity index (χ1v) is 9.50. The molecular weight excluding hydrogens is 310 g/mol. The number of rotatable bonds is 7. The van der Waals surface area contributed by atoms with E-state index in [4.69, 9.17) is 0 Å². The summed E-state index contributed by atoms with van der Waals surface area (Å²) in [6, 6.07) is 4.08. The second-order valence-corrected chi connectivity index (χ2v) is 8.52. The molecular formula is C14H19NO4S2. The third-order valence-electron chi connectivity index (χ3n) is 2.87. The lowest BCUT2D eigenvalue weighted by molar-refractivity contribution is 0.473. The molecule has 1 aromatic carbocycles. The van der Waals surface area contributed by atoms with Crippen LogP contribution in [0.2, 0.25) is 0 Å². The first-order valence-electron chi connectivity index (χ1n) is 6.17. The van der Waals surface area contributed by atoms with Crippen molar-refractivity contribution in [2.24, 2.45) is 0 Å². The van der Waals surface area contributed by atoms with E-state index in [1.807, 2.05) is 0 Å². The van der Waals surface area contributed by atoms with Crippen LogP contribution in [0.25, 0.3) is 0 Å². The minimum Gasteiger partial charge on any atom is -0.224 e. The molecule has 0 heterocycles. The SMILES string of the molecule is C=CCN(CC=C)S(=O)(=O)c1cc(S(C)(=O)=O)ccc1C. The third-order valence-corrected chi connectivity index (χ3v) is 5.95. The summed E-state index contributed by atoms with van der Waals surface area (Å²) in [6.07, 6.45) is 3.98. The quantitative estimate of drug-likeness (QED) is 0.715. The smallest absolute Gasteiger partial charge is 0.224 e. The van der Waals surface area contributed by atoms with Crippen LogP contribution in [0, 0.1) is 6.92 Å². The molecule has 0 bridgehead atoms. The molecule has 116 valence electrons. The lowest BCUT2D eigenvalue weighted by Gasteiger charge is -2.20. The van der Waals surface area contributed by atoms with Crippen molar-refractivity contribution in [3.05, 3.63) is 49.1 Å². The Morgan fingerprint density at radius 3 is 2.05 bits per heavy atom. The van der Waals surface area contributed by atoms with Crippen LogP contribution in [-0.4, -0.2) is 40.5 Å². The number of sulfone groups is 1. The maximum Gasteiger partial charge on any atom is 0.243 e. The van der Waals surface area contributed by atoms with Crippen molar-refractivity contribution >= 4 is 19.9 Å². The highest BCUT2D eigenvalue weighted by Gasteiger charge is 2.25. The monoisotopic (exact) mass is 329 g/mol. The standard InChI is InChI=1S/C14H19NO4S2/c1-5-9-15(10-6-2)21(18,19)14-11-13(20(4,16)17)8-7-12(14)3/h5-8,11H,1-2,9-10H2,3-4H3. The molecule has 0 saturated carbocycles. The Hall–Kier alpha value is -1.44. The molecule has 0 amide bonds. The molecule has 0 aliphatic carbocycles. The van der Waals surface area contributed by atoms with Crippen LogP contribution in [0.4, 0.5) is 0 Å². The van der Waals surface area contributed by atoms with E-state index in [1.165, 1.54) is 34.7 Å². The highest BCUT2D eigenvalue weighted by Crippen LogP contribution is 2.23. The molecule has 7 heteroatoms. The molecule has 0 N–H and O–H groups in total. The van der Waals surface area contributed by atoms with E-state index in [2.05, 4.69) is 13.2 Å². The predicted octanol–water partition coefficient (Wildman–Crippen LogP) is 1.76. The van der Waals surface area contributed by atoms with Crippen LogP contribution in [0.1, 0.15) is 5.56 Å². The van der Waals surface area contributed by atoms with Gasteiger partial charge in [-0.25, -0.2) is 16.8 Å². The van der Waals surface area contributed by atoms with E-state index in [9.17, 15) is 16.8 Å². The van der Waals surface area contributed by atoms with E-state index in [0.717, 1.165) is 6.26 Å². The Bertz CT molecular complexity index is 739. The molecule has 0 radical (unpaired) electrons. The molecule has 0 spiro atoms. The van der Waals surface area contributed by atoms with E-state index in [-0.39, 0.29) is 22.9 Å². The summed E-state index contributed by atoms with van der Waals surface area (Å²) in [7, 11) is -7.29. The van der Waals surface area contributed by atoms with Crippen LogP contribution in [0.3, 0.4) is 0 Å². The summed E-state index contributed by atoms with van der Waals surface area (Å²) in [5, 5.41) is 0. The summed E-state index contributed by atoms with van der Waals surface area (Å²) in [5.41, 5.74) is 0.487. The molecule has 1 aromatic rings. The first kappa shape index (κ1) is 17.6. The van der Waals surface area contributed by atoms with Gasteiger partial charge in [0.2, 0.25) is 10.0 Å². The normalized spacial score (nSPS) is 12.3. The fourth-order valence-corrected chi connectivity index (χ4v) is 4.14. The van der Waals surface area contributed by atoms with Gasteiger partial charge < -0.3 is 0 Å². The van der Waals surface area contributed by atoms with Gasteiger partial charge in [-0.2, -0.15) is 4.31 Å². The Morgan fingerprint density at radius 1 is 1.10 bits per heavy atom. The van der Waals surface area contributed by atoms with Crippen molar-refractivity contribution in [3.63, 3.8) is 0 Å². The maximum atomic E-state index is 12.6. The van der Waals surface area contributed by atoms with E-state index in [1.54, 1.807) is 6.92 Å². The topological polar surface area (TPSA) is 71.5 Å². The van der Waals surface area contributed by atoms with Gasteiger partial charge in [-0.05, 0) is 24.6 Å². The second-order valence-electron chi connectivity index (χ2n) is 4.60. The lowest BCUT2D eigenvalue weighted by atomic mass is 10.2. The number of hydrogen-bond donors (Lipinski definition) is 0. The van der Waals surface area contributed by atoms with Gasteiger partial charge in [0, 0.05) is 19.3 Å². The first-order chi connectivity index (χ1) is 9.64. The van der Waals surface area contributed by atoms with Gasteiger partial charge in [-0.1, -0.05) is 18.2 Å². The fourth-order valence-electron chi connectivity index (χ4n) is 1.79. The van der Waals surface area contributed by atoms with Crippen LogP contribution in [0.15, 0.2) is 53.3 Å². The summed E-state index contributed by atoms with van der Waals surface area (Å²) < 4.78 is 49.7. The van der Waals surface area contributed by atoms with Crippen molar-refractivity contribution in [2.75, 3.05) is 19.3 Å². The molecule has 5 nitrogen and oxygen atoms in total. The average Bonchev–Trinajstić information content (AvgIpc) is 2.37. The van der Waals surface area contributed by atoms with Crippen molar-refractivity contribution in [1.29, 1.82) is 0 Å². The lowest BCUT2D eigenvalue weighted by Crippen LogP contribution is -2.32. The summed E-state index contributed by atoms with van der Waals surface area (Å²) >= 11 is 0. The molecule has 1 rings (SSSR count). The molecule has 0 atom stereocenters. The molecule has 0 fully saturated rings. The van der Waals surface area contributed by atoms with Crippen LogP contribution < -0.4 is 0 Å². The minimum absolute atomic E-state index is 0.0193. The Balaban J connectivity index is 3.49. The van der Waals surface area contributed by atoms with Crippen LogP contribution >= 0.6 is 0 Å². The predicted molar refractivity (Wildman–Crippen MR) is 83.4 cm³/mol. The zero-order valence-corrected chi connectivity index (χ0v) is 13.7. The van der Waals surface area contributed by atoms with E-state index < -0.39 is 19.9 Å². The van der Waals surface area contributed by atoms with Gasteiger partial charge in [-0.3, -0.25) is 0 Å². The zero-order chi connectivity index (χ0) is 16.3. The van der Waals surface area contributed by atoms with Gasteiger partial charge in [0.15, 0.2) is 9.84 Å². The van der Waals surface area contributed by atoms with Crippen molar-refractivity contribution < 1.29 is 16.8 Å². The molecule has 21 heavy (non-hydrogen) atoms. The Labute approximate surface area is 126 Å². The Morgan fingerprint density at radius 2 is 1.62 bits per heavy atom. The molecule has 0 unspecified atom stereocenters. The highest BCUT2D eigenvalue weighted by atomic mass is 32.2. The van der Waals surface area contributed by atoms with Gasteiger partial charge in [0.05, 0.1) is 9.79 Å². The number of hydrogen-bond acceptors (Lipinski definition) is 4. The highest BCUT2D eigenvalue weighted by molar-refractivity contribution is 7.91. The van der Waals surface area contributed by atoms with Crippen molar-refractivity contribution in [3.8, 4) is 0 Å². The summed E-state index contributed by atoms with van der Waals surface area (Å²) in [6.45, 7) is 8.93. The number of aryl methyl sites for hydroxylation is 1. The van der Waals surface area contributed by atoms with Gasteiger partial charge in [0.25, 0.3) is 0 Å². The molecule has 0 saturated heterocycles. The van der Waals surface area contributed by atoms with E-state index in [0.29, 0.717) is 5.56 Å². The summed E-state index contributed by atoms with van der Waals surface area (Å²) in [5.74, 6) is 0. The average molecular weight is 329 g/mol. The largest absolute Gasteiger partial charge is 0.243 e. The number of sulfonamides is 1. The van der Waals surface area contributed by atoms with Crippen molar-refractivity contribution in [1.82, 2.24) is 4.31 Å². The third kappa shape index (κ3) is 4.03. The Kier molecular flexibility index (Phi) is 5.49. The van der Waals surface area contributed by atoms with E-state index >= 15 is 0 Å². The second kappa shape index (κ2) is 6.55. The van der Waals surface area contributed by atoms with Crippen molar-refractivity contribution in [2.45, 2.75) is 16.7 Å². The van der Waals surface area contributed by atoms with Crippen LogP contribution in [0.5, 0.6) is 0 Å². The summed E-state index contributed by atoms with van der Waals surface area (Å²) in [4.78, 5) is -0.0436. The minimum atomic E-state index is -3.81. The molecule has 0 aromatic heterocycles. The molecule has 0 aliphatic rings. The molecule has 0 aliphatic heterocycles. The maximum absolute atomic E-state index is 12.6. The van der Waals surface area contributed by atoms with Gasteiger partial charge in [-0.15, -0.1) is 13.2 Å². The number of nitrogens with zero attached hydrogens (tertiary/aromatic N) is 1. The van der Waals surface area contributed by atoms with Gasteiger partial charge in [0.1, 0.15) is 0 Å².